The van der Waals surface area contributed by atoms with Crippen molar-refractivity contribution >= 4 is 34.1 Å². The SMILES string of the molecule is CN(C)c1ccc(-c2nc3cc(NC(=O)c4ccc(-c5cccc([N+](=O)[O-])c5)o4)ccc3o2)cc1. The van der Waals surface area contributed by atoms with E-state index < -0.39 is 10.8 Å². The van der Waals surface area contributed by atoms with Crippen molar-refractivity contribution in [2.45, 2.75) is 0 Å². The minimum Gasteiger partial charge on any atom is -0.451 e. The Balaban J connectivity index is 1.34. The third kappa shape index (κ3) is 4.47. The van der Waals surface area contributed by atoms with Crippen LogP contribution in [0.2, 0.25) is 0 Å². The number of oxazole rings is 1. The van der Waals surface area contributed by atoms with Crippen LogP contribution in [0.3, 0.4) is 0 Å². The standard InChI is InChI=1S/C26H20N4O5/c1-29(2)19-9-6-16(7-10-19)26-28-21-15-18(8-11-23(21)35-26)27-25(31)24-13-12-22(34-24)17-4-3-5-20(14-17)30(32)33/h3-15H,1-2H3,(H,27,31). The van der Waals surface area contributed by atoms with Gasteiger partial charge in [-0.15, -0.1) is 0 Å². The van der Waals surface area contributed by atoms with E-state index in [1.807, 2.05) is 43.3 Å². The molecular weight excluding hydrogens is 448 g/mol. The highest BCUT2D eigenvalue weighted by atomic mass is 16.6. The molecule has 0 atom stereocenters. The Labute approximate surface area is 199 Å². The Bertz CT molecular complexity index is 1550. The van der Waals surface area contributed by atoms with Crippen molar-refractivity contribution in [1.82, 2.24) is 4.98 Å². The number of anilines is 2. The fourth-order valence-electron chi connectivity index (χ4n) is 3.61. The highest BCUT2D eigenvalue weighted by molar-refractivity contribution is 6.03. The van der Waals surface area contributed by atoms with E-state index in [2.05, 4.69) is 10.3 Å². The number of non-ortho nitro benzene ring substituents is 1. The van der Waals surface area contributed by atoms with Gasteiger partial charge in [-0.05, 0) is 54.6 Å². The predicted octanol–water partition coefficient (Wildman–Crippen LogP) is 5.98. The smallest absolute Gasteiger partial charge is 0.291 e. The molecule has 0 bridgehead atoms. The highest BCUT2D eigenvalue weighted by Gasteiger charge is 2.16. The molecule has 2 heterocycles. The molecule has 0 saturated carbocycles. The lowest BCUT2D eigenvalue weighted by atomic mass is 10.1. The largest absolute Gasteiger partial charge is 0.451 e. The van der Waals surface area contributed by atoms with Crippen molar-refractivity contribution in [3.63, 3.8) is 0 Å². The molecular formula is C26H20N4O5. The molecule has 0 spiro atoms. The third-order valence-electron chi connectivity index (χ3n) is 5.45. The van der Waals surface area contributed by atoms with Crippen LogP contribution >= 0.6 is 0 Å². The highest BCUT2D eigenvalue weighted by Crippen LogP contribution is 2.29. The van der Waals surface area contributed by atoms with Crippen molar-refractivity contribution in [2.24, 2.45) is 0 Å². The second kappa shape index (κ2) is 8.79. The minimum absolute atomic E-state index is 0.0566. The summed E-state index contributed by atoms with van der Waals surface area (Å²) in [7, 11) is 3.95. The Morgan fingerprint density at radius 1 is 0.943 bits per heavy atom. The first-order valence-electron chi connectivity index (χ1n) is 10.7. The number of rotatable bonds is 6. The molecule has 0 saturated heterocycles. The molecule has 9 heteroatoms. The van der Waals surface area contributed by atoms with Crippen LogP contribution in [0.1, 0.15) is 10.6 Å². The average molecular weight is 468 g/mol. The van der Waals surface area contributed by atoms with Crippen LogP contribution in [0, 0.1) is 10.1 Å². The van der Waals surface area contributed by atoms with Gasteiger partial charge < -0.3 is 19.1 Å². The number of nitro groups is 1. The second-order valence-corrected chi connectivity index (χ2v) is 8.07. The van der Waals surface area contributed by atoms with Crippen molar-refractivity contribution in [3.05, 3.63) is 94.7 Å². The van der Waals surface area contributed by atoms with E-state index in [0.29, 0.717) is 34.0 Å². The fourth-order valence-corrected chi connectivity index (χ4v) is 3.61. The predicted molar refractivity (Wildman–Crippen MR) is 133 cm³/mol. The number of nitrogens with one attached hydrogen (secondary N) is 1. The van der Waals surface area contributed by atoms with E-state index in [9.17, 15) is 14.9 Å². The Kier molecular flexibility index (Phi) is 5.50. The maximum Gasteiger partial charge on any atom is 0.291 e. The van der Waals surface area contributed by atoms with Gasteiger partial charge in [0.25, 0.3) is 11.6 Å². The molecule has 174 valence electrons. The van der Waals surface area contributed by atoms with Crippen LogP contribution in [-0.4, -0.2) is 29.9 Å². The number of carbonyl (C=O) groups excluding carboxylic acids is 1. The Hall–Kier alpha value is -4.92. The van der Waals surface area contributed by atoms with Gasteiger partial charge in [0.15, 0.2) is 11.3 Å². The van der Waals surface area contributed by atoms with Gasteiger partial charge in [-0.1, -0.05) is 12.1 Å². The van der Waals surface area contributed by atoms with Gasteiger partial charge in [-0.25, -0.2) is 4.98 Å². The van der Waals surface area contributed by atoms with E-state index in [0.717, 1.165) is 11.3 Å². The van der Waals surface area contributed by atoms with E-state index >= 15 is 0 Å². The maximum atomic E-state index is 12.7. The lowest BCUT2D eigenvalue weighted by molar-refractivity contribution is -0.384. The van der Waals surface area contributed by atoms with E-state index in [4.69, 9.17) is 8.83 Å². The summed E-state index contributed by atoms with van der Waals surface area (Å²) in [5.74, 6) is 0.467. The number of benzene rings is 3. The first-order chi connectivity index (χ1) is 16.9. The topological polar surface area (TPSA) is 115 Å². The van der Waals surface area contributed by atoms with E-state index in [1.165, 1.54) is 18.2 Å². The quantitative estimate of drug-likeness (QED) is 0.241. The monoisotopic (exact) mass is 468 g/mol. The van der Waals surface area contributed by atoms with Crippen molar-refractivity contribution in [3.8, 4) is 22.8 Å². The second-order valence-electron chi connectivity index (χ2n) is 8.07. The summed E-state index contributed by atoms with van der Waals surface area (Å²) in [4.78, 5) is 29.8. The van der Waals surface area contributed by atoms with Gasteiger partial charge in [0, 0.05) is 48.7 Å². The molecule has 5 rings (SSSR count). The number of aromatic nitrogens is 1. The molecule has 1 N–H and O–H groups in total. The number of furan rings is 1. The van der Waals surface area contributed by atoms with Crippen molar-refractivity contribution < 1.29 is 18.6 Å². The fraction of sp³-hybridized carbons (Fsp3) is 0.0769. The van der Waals surface area contributed by atoms with Crippen LogP contribution in [0.25, 0.3) is 33.9 Å². The Morgan fingerprint density at radius 3 is 2.49 bits per heavy atom. The molecule has 0 aliphatic rings. The zero-order valence-electron chi connectivity index (χ0n) is 18.9. The van der Waals surface area contributed by atoms with Crippen LogP contribution < -0.4 is 10.2 Å². The number of hydrogen-bond acceptors (Lipinski definition) is 7. The first-order valence-corrected chi connectivity index (χ1v) is 10.7. The summed E-state index contributed by atoms with van der Waals surface area (Å²) in [5, 5.41) is 13.8. The average Bonchev–Trinajstić information content (AvgIpc) is 3.52. The van der Waals surface area contributed by atoms with E-state index in [1.54, 1.807) is 36.4 Å². The molecule has 3 aromatic carbocycles. The molecule has 2 aromatic heterocycles. The Morgan fingerprint density at radius 2 is 1.74 bits per heavy atom. The summed E-state index contributed by atoms with van der Waals surface area (Å²) in [6, 6.07) is 22.2. The number of amides is 1. The van der Waals surface area contributed by atoms with Gasteiger partial charge >= 0.3 is 0 Å². The molecule has 9 nitrogen and oxygen atoms in total. The zero-order chi connectivity index (χ0) is 24.5. The van der Waals surface area contributed by atoms with Gasteiger partial charge in [0.1, 0.15) is 11.3 Å². The number of hydrogen-bond donors (Lipinski definition) is 1. The van der Waals surface area contributed by atoms with Gasteiger partial charge in [0.2, 0.25) is 5.89 Å². The van der Waals surface area contributed by atoms with Gasteiger partial charge in [-0.3, -0.25) is 14.9 Å². The van der Waals surface area contributed by atoms with Crippen LogP contribution in [0.4, 0.5) is 17.1 Å². The normalized spacial score (nSPS) is 10.9. The van der Waals surface area contributed by atoms with Gasteiger partial charge in [-0.2, -0.15) is 0 Å². The molecule has 0 unspecified atom stereocenters. The first kappa shape index (κ1) is 21.9. The lowest BCUT2D eigenvalue weighted by Crippen LogP contribution is -2.10. The van der Waals surface area contributed by atoms with Crippen molar-refractivity contribution in [1.29, 1.82) is 0 Å². The molecule has 0 radical (unpaired) electrons. The molecule has 0 aliphatic carbocycles. The van der Waals surface area contributed by atoms with Gasteiger partial charge in [0.05, 0.1) is 4.92 Å². The molecule has 35 heavy (non-hydrogen) atoms. The third-order valence-corrected chi connectivity index (χ3v) is 5.45. The number of carbonyl (C=O) groups is 1. The summed E-state index contributed by atoms with van der Waals surface area (Å²) < 4.78 is 11.5. The lowest BCUT2D eigenvalue weighted by Gasteiger charge is -2.11. The number of nitro benzene ring substituents is 1. The van der Waals surface area contributed by atoms with Crippen LogP contribution in [0.15, 0.2) is 87.7 Å². The summed E-state index contributed by atoms with van der Waals surface area (Å²) in [5.41, 5.74) is 4.10. The molecule has 1 amide bonds. The molecule has 0 fully saturated rings. The number of nitrogens with zero attached hydrogens (tertiary/aromatic N) is 3. The van der Waals surface area contributed by atoms with E-state index in [-0.39, 0.29) is 11.4 Å². The van der Waals surface area contributed by atoms with Crippen LogP contribution in [-0.2, 0) is 0 Å². The molecule has 5 aromatic rings. The minimum atomic E-state index is -0.482. The summed E-state index contributed by atoms with van der Waals surface area (Å²) in [6.07, 6.45) is 0. The van der Waals surface area contributed by atoms with Crippen molar-refractivity contribution in [2.75, 3.05) is 24.3 Å². The van der Waals surface area contributed by atoms with Crippen LogP contribution in [0.5, 0.6) is 0 Å². The summed E-state index contributed by atoms with van der Waals surface area (Å²) >= 11 is 0. The number of fused-ring (bicyclic) bond motifs is 1. The summed E-state index contributed by atoms with van der Waals surface area (Å²) in [6.45, 7) is 0. The maximum absolute atomic E-state index is 12.7. The molecule has 0 aliphatic heterocycles. The zero-order valence-corrected chi connectivity index (χ0v) is 18.9.